The predicted molar refractivity (Wildman–Crippen MR) is 86.6 cm³/mol. The normalized spacial score (nSPS) is 20.9. The number of amides is 3. The van der Waals surface area contributed by atoms with E-state index in [0.717, 1.165) is 24.8 Å². The van der Waals surface area contributed by atoms with Gasteiger partial charge in [-0.2, -0.15) is 0 Å². The maximum absolute atomic E-state index is 12.1. The van der Waals surface area contributed by atoms with Crippen LogP contribution in [0, 0.1) is 0 Å². The van der Waals surface area contributed by atoms with E-state index in [0.29, 0.717) is 18.2 Å². The van der Waals surface area contributed by atoms with E-state index in [9.17, 15) is 9.59 Å². The smallest absolute Gasteiger partial charge is 0.316 e. The molecule has 0 bridgehead atoms. The van der Waals surface area contributed by atoms with Crippen LogP contribution in [0.25, 0.3) is 0 Å². The first-order chi connectivity index (χ1) is 10.4. The van der Waals surface area contributed by atoms with Gasteiger partial charge in [0.25, 0.3) is 0 Å². The van der Waals surface area contributed by atoms with Gasteiger partial charge < -0.3 is 21.3 Å². The number of hydrogen-bond acceptors (Lipinski definition) is 3. The molecular weight excluding hydrogens is 280 g/mol. The number of carbonyl (C=O) groups excluding carboxylic acids is 2. The van der Waals surface area contributed by atoms with E-state index in [1.54, 1.807) is 18.2 Å². The molecule has 6 nitrogen and oxygen atoms in total. The average Bonchev–Trinajstić information content (AvgIpc) is 2.86. The first kappa shape index (κ1) is 16.3. The molecule has 120 valence electrons. The summed E-state index contributed by atoms with van der Waals surface area (Å²) in [5.74, 6) is 0.0145. The zero-order valence-corrected chi connectivity index (χ0v) is 13.1. The minimum atomic E-state index is -0.609. The fourth-order valence-electron chi connectivity index (χ4n) is 2.92. The zero-order valence-electron chi connectivity index (χ0n) is 13.1. The summed E-state index contributed by atoms with van der Waals surface area (Å²) in [5, 5.41) is 5.61. The number of carbonyl (C=O) groups is 2. The molecule has 22 heavy (non-hydrogen) atoms. The molecule has 0 aliphatic heterocycles. The number of anilines is 1. The molecule has 3 amide bonds. The summed E-state index contributed by atoms with van der Waals surface area (Å²) in [6.07, 6.45) is 3.45. The molecule has 1 saturated carbocycles. The third-order valence-electron chi connectivity index (χ3n) is 4.06. The third kappa shape index (κ3) is 4.73. The van der Waals surface area contributed by atoms with E-state index in [4.69, 9.17) is 5.73 Å². The molecule has 6 heteroatoms. The lowest BCUT2D eigenvalue weighted by Gasteiger charge is -2.19. The predicted octanol–water partition coefficient (Wildman–Crippen LogP) is 1.32. The number of primary amides is 1. The number of nitrogens with zero attached hydrogens (tertiary/aromatic N) is 1. The molecule has 0 heterocycles. The Hall–Kier alpha value is -2.08. The highest BCUT2D eigenvalue weighted by molar-refractivity contribution is 5.88. The Kier molecular flexibility index (Phi) is 5.38. The SMILES string of the molecule is CN(C)[C@@H]1CC[C@H](NC(=O)Cc2cccc(NC(N)=O)c2)C1. The van der Waals surface area contributed by atoms with Crippen LogP contribution in [0.4, 0.5) is 10.5 Å². The lowest BCUT2D eigenvalue weighted by Crippen LogP contribution is -2.35. The van der Waals surface area contributed by atoms with Crippen LogP contribution < -0.4 is 16.4 Å². The molecule has 2 rings (SSSR count). The van der Waals surface area contributed by atoms with Crippen molar-refractivity contribution in [2.24, 2.45) is 5.73 Å². The highest BCUT2D eigenvalue weighted by Gasteiger charge is 2.26. The van der Waals surface area contributed by atoms with Crippen molar-refractivity contribution in [3.8, 4) is 0 Å². The summed E-state index contributed by atoms with van der Waals surface area (Å²) in [6, 6.07) is 7.36. The van der Waals surface area contributed by atoms with Crippen molar-refractivity contribution in [2.45, 2.75) is 37.8 Å². The van der Waals surface area contributed by atoms with E-state index in [-0.39, 0.29) is 11.9 Å². The molecular formula is C16H24N4O2. The first-order valence-corrected chi connectivity index (χ1v) is 7.55. The molecule has 4 N–H and O–H groups in total. The van der Waals surface area contributed by atoms with Gasteiger partial charge in [0.2, 0.25) is 5.91 Å². The first-order valence-electron chi connectivity index (χ1n) is 7.55. The molecule has 1 aliphatic rings. The summed E-state index contributed by atoms with van der Waals surface area (Å²) in [7, 11) is 4.15. The number of rotatable bonds is 5. The highest BCUT2D eigenvalue weighted by atomic mass is 16.2. The van der Waals surface area contributed by atoms with E-state index < -0.39 is 6.03 Å². The Morgan fingerprint density at radius 1 is 1.32 bits per heavy atom. The van der Waals surface area contributed by atoms with Gasteiger partial charge in [0.1, 0.15) is 0 Å². The molecule has 0 radical (unpaired) electrons. The second-order valence-electron chi connectivity index (χ2n) is 6.06. The van der Waals surface area contributed by atoms with Gasteiger partial charge in [0, 0.05) is 17.8 Å². The summed E-state index contributed by atoms with van der Waals surface area (Å²) in [5.41, 5.74) is 6.54. The van der Waals surface area contributed by atoms with Crippen molar-refractivity contribution in [3.63, 3.8) is 0 Å². The van der Waals surface area contributed by atoms with Crippen molar-refractivity contribution in [2.75, 3.05) is 19.4 Å². The van der Waals surface area contributed by atoms with E-state index in [1.165, 1.54) is 0 Å². The minimum absolute atomic E-state index is 0.0145. The Balaban J connectivity index is 1.86. The van der Waals surface area contributed by atoms with Crippen LogP contribution in [0.3, 0.4) is 0 Å². The third-order valence-corrected chi connectivity index (χ3v) is 4.06. The van der Waals surface area contributed by atoms with Gasteiger partial charge >= 0.3 is 6.03 Å². The van der Waals surface area contributed by atoms with Crippen LogP contribution >= 0.6 is 0 Å². The monoisotopic (exact) mass is 304 g/mol. The number of nitrogens with two attached hydrogens (primary N) is 1. The quantitative estimate of drug-likeness (QED) is 0.766. The molecule has 1 fully saturated rings. The molecule has 0 spiro atoms. The fourth-order valence-corrected chi connectivity index (χ4v) is 2.92. The number of benzene rings is 1. The zero-order chi connectivity index (χ0) is 16.1. The molecule has 1 aromatic carbocycles. The van der Waals surface area contributed by atoms with Crippen LogP contribution in [0.5, 0.6) is 0 Å². The lowest BCUT2D eigenvalue weighted by molar-refractivity contribution is -0.121. The van der Waals surface area contributed by atoms with Crippen LogP contribution in [0.15, 0.2) is 24.3 Å². The molecule has 1 aromatic rings. The van der Waals surface area contributed by atoms with Gasteiger partial charge in [-0.3, -0.25) is 4.79 Å². The molecule has 1 aliphatic carbocycles. The van der Waals surface area contributed by atoms with E-state index in [1.807, 2.05) is 6.07 Å². The minimum Gasteiger partial charge on any atom is -0.353 e. The summed E-state index contributed by atoms with van der Waals surface area (Å²) in [4.78, 5) is 25.2. The Labute approximate surface area is 131 Å². The van der Waals surface area contributed by atoms with Gasteiger partial charge in [0.15, 0.2) is 0 Å². The van der Waals surface area contributed by atoms with Crippen LogP contribution in [0.1, 0.15) is 24.8 Å². The Bertz CT molecular complexity index is 545. The lowest BCUT2D eigenvalue weighted by atomic mass is 10.1. The van der Waals surface area contributed by atoms with Crippen LogP contribution in [-0.2, 0) is 11.2 Å². The molecule has 0 aromatic heterocycles. The average molecular weight is 304 g/mol. The second kappa shape index (κ2) is 7.26. The highest BCUT2D eigenvalue weighted by Crippen LogP contribution is 2.22. The number of nitrogens with one attached hydrogen (secondary N) is 2. The Morgan fingerprint density at radius 2 is 2.09 bits per heavy atom. The van der Waals surface area contributed by atoms with Crippen molar-refractivity contribution in [1.82, 2.24) is 10.2 Å². The van der Waals surface area contributed by atoms with Gasteiger partial charge in [0.05, 0.1) is 6.42 Å². The fraction of sp³-hybridized carbons (Fsp3) is 0.500. The molecule has 0 saturated heterocycles. The molecule has 0 unspecified atom stereocenters. The van der Waals surface area contributed by atoms with Crippen molar-refractivity contribution < 1.29 is 9.59 Å². The van der Waals surface area contributed by atoms with Crippen LogP contribution in [0.2, 0.25) is 0 Å². The van der Waals surface area contributed by atoms with Crippen LogP contribution in [-0.4, -0.2) is 43.0 Å². The van der Waals surface area contributed by atoms with E-state index in [2.05, 4.69) is 29.6 Å². The van der Waals surface area contributed by atoms with Gasteiger partial charge in [-0.25, -0.2) is 4.79 Å². The Morgan fingerprint density at radius 3 is 2.73 bits per heavy atom. The molecule has 2 atom stereocenters. The summed E-state index contributed by atoms with van der Waals surface area (Å²) < 4.78 is 0. The maximum atomic E-state index is 12.1. The van der Waals surface area contributed by atoms with Crippen molar-refractivity contribution >= 4 is 17.6 Å². The summed E-state index contributed by atoms with van der Waals surface area (Å²) in [6.45, 7) is 0. The van der Waals surface area contributed by atoms with Gasteiger partial charge in [-0.05, 0) is 51.1 Å². The number of hydrogen-bond donors (Lipinski definition) is 3. The summed E-state index contributed by atoms with van der Waals surface area (Å²) >= 11 is 0. The largest absolute Gasteiger partial charge is 0.353 e. The van der Waals surface area contributed by atoms with Gasteiger partial charge in [-0.15, -0.1) is 0 Å². The second-order valence-corrected chi connectivity index (χ2v) is 6.06. The topological polar surface area (TPSA) is 87.5 Å². The number of urea groups is 1. The maximum Gasteiger partial charge on any atom is 0.316 e. The standard InChI is InChI=1S/C16H24N4O2/c1-20(2)14-7-6-13(10-14)18-15(21)9-11-4-3-5-12(8-11)19-16(17)22/h3-5,8,13-14H,6-7,9-10H2,1-2H3,(H,18,21)(H3,17,19,22)/t13-,14+/m0/s1. The van der Waals surface area contributed by atoms with Gasteiger partial charge in [-0.1, -0.05) is 12.1 Å². The van der Waals surface area contributed by atoms with Crippen molar-refractivity contribution in [3.05, 3.63) is 29.8 Å². The van der Waals surface area contributed by atoms with E-state index >= 15 is 0 Å². The van der Waals surface area contributed by atoms with Crippen molar-refractivity contribution in [1.29, 1.82) is 0 Å².